The average molecular weight is 427 g/mol. The molecule has 1 saturated carbocycles. The van der Waals surface area contributed by atoms with Crippen LogP contribution in [0.15, 0.2) is 18.2 Å². The Balaban J connectivity index is 1.55. The maximum Gasteiger partial charge on any atom is 0.253 e. The minimum atomic E-state index is 0.0535. The number of likely N-dealkylation sites (N-methyl/N-ethyl adjacent to an activating group) is 1. The summed E-state index contributed by atoms with van der Waals surface area (Å²) in [5, 5.41) is 0.931. The minimum absolute atomic E-state index is 0.0535. The van der Waals surface area contributed by atoms with Crippen LogP contribution in [-0.2, 0) is 0 Å². The van der Waals surface area contributed by atoms with Crippen LogP contribution in [0.25, 0.3) is 0 Å². The zero-order valence-electron chi connectivity index (χ0n) is 15.9. The van der Waals surface area contributed by atoms with Crippen molar-refractivity contribution < 1.29 is 4.79 Å². The van der Waals surface area contributed by atoms with E-state index in [9.17, 15) is 4.79 Å². The Morgan fingerprint density at radius 2 is 1.96 bits per heavy atom. The van der Waals surface area contributed by atoms with Gasteiger partial charge in [0.2, 0.25) is 0 Å². The number of rotatable bonds is 3. The van der Waals surface area contributed by atoms with Crippen LogP contribution >= 0.6 is 35.0 Å². The molecule has 2 saturated heterocycles. The van der Waals surface area contributed by atoms with Crippen LogP contribution < -0.4 is 0 Å². The summed E-state index contributed by atoms with van der Waals surface area (Å²) >= 11 is 14.4. The predicted octanol–water partition coefficient (Wildman–Crippen LogP) is 5.35. The van der Waals surface area contributed by atoms with Crippen LogP contribution in [0, 0.1) is 0 Å². The Hall–Kier alpha value is -0.420. The molecule has 3 aliphatic rings. The van der Waals surface area contributed by atoms with Gasteiger partial charge in [0.15, 0.2) is 0 Å². The van der Waals surface area contributed by atoms with E-state index in [1.165, 1.54) is 57.4 Å². The Labute approximate surface area is 176 Å². The molecule has 6 heteroatoms. The molecule has 1 spiro atoms. The van der Waals surface area contributed by atoms with Gasteiger partial charge in [0.25, 0.3) is 5.91 Å². The summed E-state index contributed by atoms with van der Waals surface area (Å²) in [5.74, 6) is 1.35. The number of halogens is 2. The van der Waals surface area contributed by atoms with E-state index >= 15 is 0 Å². The summed E-state index contributed by atoms with van der Waals surface area (Å²) in [4.78, 5) is 17.8. The topological polar surface area (TPSA) is 23.6 Å². The molecule has 3 atom stereocenters. The molecule has 27 heavy (non-hydrogen) atoms. The van der Waals surface area contributed by atoms with Crippen molar-refractivity contribution >= 4 is 40.9 Å². The number of hydrogen-bond donors (Lipinski definition) is 0. The standard InChI is InChI=1S/C21H28Cl2N2OS/c1-24(20(26)15-5-6-16(22)17(23)13-15)18-7-9-21(8-4-12-27-21)14-19(18)25-10-2-3-11-25/h5-6,13,18-19H,2-4,7-12,14H2,1H3/t18-,19-,21+/m0/s1. The second-order valence-electron chi connectivity index (χ2n) is 8.30. The summed E-state index contributed by atoms with van der Waals surface area (Å²) in [6.45, 7) is 2.35. The first-order valence-corrected chi connectivity index (χ1v) is 11.8. The summed E-state index contributed by atoms with van der Waals surface area (Å²) in [6, 6.07) is 5.95. The van der Waals surface area contributed by atoms with Crippen molar-refractivity contribution in [1.82, 2.24) is 9.80 Å². The Bertz CT molecular complexity index is 701. The lowest BCUT2D eigenvalue weighted by molar-refractivity contribution is 0.0441. The van der Waals surface area contributed by atoms with Crippen molar-refractivity contribution in [2.45, 2.75) is 61.8 Å². The average Bonchev–Trinajstić information content (AvgIpc) is 3.35. The molecule has 0 radical (unpaired) electrons. The molecule has 2 heterocycles. The highest BCUT2D eigenvalue weighted by Crippen LogP contribution is 2.50. The number of hydrogen-bond acceptors (Lipinski definition) is 3. The molecule has 1 aromatic carbocycles. The first-order valence-electron chi connectivity index (χ1n) is 10.1. The van der Waals surface area contributed by atoms with Gasteiger partial charge in [0.1, 0.15) is 0 Å². The van der Waals surface area contributed by atoms with Crippen LogP contribution in [-0.4, -0.2) is 58.4 Å². The quantitative estimate of drug-likeness (QED) is 0.650. The Kier molecular flexibility index (Phi) is 5.99. The molecule has 0 N–H and O–H groups in total. The number of carbonyl (C=O) groups is 1. The number of thioether (sulfide) groups is 1. The lowest BCUT2D eigenvalue weighted by Crippen LogP contribution is -2.57. The van der Waals surface area contributed by atoms with E-state index in [0.29, 0.717) is 26.4 Å². The van der Waals surface area contributed by atoms with Gasteiger partial charge in [-0.25, -0.2) is 0 Å². The van der Waals surface area contributed by atoms with Crippen LogP contribution in [0.2, 0.25) is 10.0 Å². The highest BCUT2D eigenvalue weighted by Gasteiger charge is 2.47. The number of amides is 1. The third-order valence-electron chi connectivity index (χ3n) is 6.70. The summed E-state index contributed by atoms with van der Waals surface area (Å²) < 4.78 is 0.456. The number of likely N-dealkylation sites (tertiary alicyclic amines) is 1. The van der Waals surface area contributed by atoms with E-state index in [4.69, 9.17) is 23.2 Å². The van der Waals surface area contributed by atoms with Crippen molar-refractivity contribution in [2.24, 2.45) is 0 Å². The lowest BCUT2D eigenvalue weighted by Gasteiger charge is -2.48. The highest BCUT2D eigenvalue weighted by atomic mass is 35.5. The van der Waals surface area contributed by atoms with Crippen molar-refractivity contribution in [1.29, 1.82) is 0 Å². The lowest BCUT2D eigenvalue weighted by atomic mass is 9.78. The Morgan fingerprint density at radius 3 is 2.63 bits per heavy atom. The molecule has 1 aromatic rings. The van der Waals surface area contributed by atoms with Gasteiger partial charge in [-0.05, 0) is 82.0 Å². The summed E-state index contributed by atoms with van der Waals surface area (Å²) in [5.41, 5.74) is 0.627. The summed E-state index contributed by atoms with van der Waals surface area (Å²) in [7, 11) is 1.97. The van der Waals surface area contributed by atoms with Gasteiger partial charge < -0.3 is 4.90 Å². The van der Waals surface area contributed by atoms with Crippen LogP contribution in [0.5, 0.6) is 0 Å². The molecule has 148 valence electrons. The third-order valence-corrected chi connectivity index (χ3v) is 9.12. The minimum Gasteiger partial charge on any atom is -0.337 e. The zero-order valence-corrected chi connectivity index (χ0v) is 18.3. The monoisotopic (exact) mass is 426 g/mol. The molecule has 0 aromatic heterocycles. The maximum atomic E-state index is 13.2. The van der Waals surface area contributed by atoms with Gasteiger partial charge in [0, 0.05) is 29.4 Å². The normalized spacial score (nSPS) is 31.5. The van der Waals surface area contributed by atoms with Gasteiger partial charge >= 0.3 is 0 Å². The number of nitrogens with zero attached hydrogens (tertiary/aromatic N) is 2. The van der Waals surface area contributed by atoms with Crippen LogP contribution in [0.1, 0.15) is 55.3 Å². The van der Waals surface area contributed by atoms with Crippen LogP contribution in [0.3, 0.4) is 0 Å². The first kappa shape index (κ1) is 19.9. The third kappa shape index (κ3) is 4.01. The zero-order chi connectivity index (χ0) is 19.0. The van der Waals surface area contributed by atoms with E-state index in [1.54, 1.807) is 18.2 Å². The second kappa shape index (κ2) is 8.14. The van der Waals surface area contributed by atoms with E-state index in [2.05, 4.69) is 16.7 Å². The predicted molar refractivity (Wildman–Crippen MR) is 115 cm³/mol. The largest absolute Gasteiger partial charge is 0.337 e. The van der Waals surface area contributed by atoms with E-state index in [1.807, 2.05) is 11.9 Å². The van der Waals surface area contributed by atoms with E-state index in [0.717, 1.165) is 6.42 Å². The highest BCUT2D eigenvalue weighted by molar-refractivity contribution is 8.00. The molecule has 0 unspecified atom stereocenters. The maximum absolute atomic E-state index is 13.2. The molecule has 1 aliphatic carbocycles. The molecule has 2 aliphatic heterocycles. The van der Waals surface area contributed by atoms with Crippen molar-refractivity contribution in [2.75, 3.05) is 25.9 Å². The SMILES string of the molecule is CN(C(=O)c1ccc(Cl)c(Cl)c1)[C@H]1CC[C@]2(CCCS2)C[C@@H]1N1CCCC1. The summed E-state index contributed by atoms with van der Waals surface area (Å²) in [6.07, 6.45) is 8.81. The molecule has 3 fully saturated rings. The fourth-order valence-electron chi connectivity index (χ4n) is 5.22. The van der Waals surface area contributed by atoms with Crippen molar-refractivity contribution in [3.8, 4) is 0 Å². The molecular weight excluding hydrogens is 399 g/mol. The number of carbonyl (C=O) groups excluding carboxylic acids is 1. The van der Waals surface area contributed by atoms with Gasteiger partial charge in [-0.2, -0.15) is 11.8 Å². The fraction of sp³-hybridized carbons (Fsp3) is 0.667. The fourth-order valence-corrected chi connectivity index (χ4v) is 7.08. The second-order valence-corrected chi connectivity index (χ2v) is 10.7. The molecule has 0 bridgehead atoms. The molecular formula is C21H28Cl2N2OS. The van der Waals surface area contributed by atoms with Gasteiger partial charge in [-0.3, -0.25) is 9.69 Å². The van der Waals surface area contributed by atoms with Gasteiger partial charge in [-0.1, -0.05) is 23.2 Å². The van der Waals surface area contributed by atoms with Crippen molar-refractivity contribution in [3.63, 3.8) is 0 Å². The van der Waals surface area contributed by atoms with Gasteiger partial charge in [-0.15, -0.1) is 0 Å². The smallest absolute Gasteiger partial charge is 0.253 e. The van der Waals surface area contributed by atoms with Gasteiger partial charge in [0.05, 0.1) is 10.0 Å². The van der Waals surface area contributed by atoms with Crippen molar-refractivity contribution in [3.05, 3.63) is 33.8 Å². The van der Waals surface area contributed by atoms with E-state index in [-0.39, 0.29) is 11.9 Å². The Morgan fingerprint density at radius 1 is 1.19 bits per heavy atom. The van der Waals surface area contributed by atoms with E-state index < -0.39 is 0 Å². The molecule has 3 nitrogen and oxygen atoms in total. The molecule has 1 amide bonds. The first-order chi connectivity index (χ1) is 13.0. The number of benzene rings is 1. The van der Waals surface area contributed by atoms with Crippen LogP contribution in [0.4, 0.5) is 0 Å². The molecule has 4 rings (SSSR count).